The Morgan fingerprint density at radius 1 is 1.06 bits per heavy atom. The second kappa shape index (κ2) is 11.2. The Hall–Kier alpha value is -2.25. The molecule has 4 rings (SSSR count). The minimum absolute atomic E-state index is 0.260. The maximum Gasteiger partial charge on any atom is 0.0995 e. The summed E-state index contributed by atoms with van der Waals surface area (Å²) < 4.78 is 3.55. The first-order valence-corrected chi connectivity index (χ1v) is 14.2. The SMILES string of the molecule is CCCCc1c(Cl)cc(C(C)(C)c2ccc(-c3ccc4c(c3)CCCC4NSC)cc2)cc1C#N. The highest BCUT2D eigenvalue weighted by atomic mass is 35.5. The first-order chi connectivity index (χ1) is 16.9. The highest BCUT2D eigenvalue weighted by Crippen LogP contribution is 2.38. The van der Waals surface area contributed by atoms with Crippen molar-refractivity contribution in [2.24, 2.45) is 0 Å². The molecule has 182 valence electrons. The van der Waals surface area contributed by atoms with Crippen LogP contribution in [0.25, 0.3) is 11.1 Å². The Labute approximate surface area is 220 Å². The van der Waals surface area contributed by atoms with Crippen molar-refractivity contribution in [2.45, 2.75) is 70.8 Å². The molecule has 1 atom stereocenters. The number of aryl methyl sites for hydroxylation is 1. The number of fused-ring (bicyclic) bond motifs is 1. The number of nitriles is 1. The Bertz CT molecular complexity index is 1220. The van der Waals surface area contributed by atoms with E-state index in [1.165, 1.54) is 40.7 Å². The van der Waals surface area contributed by atoms with E-state index >= 15 is 0 Å². The molecular formula is C31H35ClN2S. The number of rotatable bonds is 8. The number of hydrogen-bond acceptors (Lipinski definition) is 3. The van der Waals surface area contributed by atoms with Gasteiger partial charge in [-0.05, 0) is 89.4 Å². The third-order valence-corrected chi connectivity index (χ3v) is 8.33. The van der Waals surface area contributed by atoms with E-state index in [9.17, 15) is 5.26 Å². The molecule has 0 fully saturated rings. The van der Waals surface area contributed by atoms with Crippen molar-refractivity contribution < 1.29 is 0 Å². The lowest BCUT2D eigenvalue weighted by molar-refractivity contribution is 0.544. The fourth-order valence-electron chi connectivity index (χ4n) is 5.21. The maximum absolute atomic E-state index is 9.78. The summed E-state index contributed by atoms with van der Waals surface area (Å²) in [6, 6.07) is 22.8. The third-order valence-electron chi connectivity index (χ3n) is 7.48. The standard InChI is InChI=1S/C31H35ClN2S/c1-5-6-9-27-24(20-33)18-26(19-29(27)32)31(2,3)25-14-11-21(12-15-25)22-13-16-28-23(17-22)8-7-10-30(28)34-35-4/h11-19,30,34H,5-10H2,1-4H3. The van der Waals surface area contributed by atoms with Gasteiger partial charge >= 0.3 is 0 Å². The van der Waals surface area contributed by atoms with Crippen molar-refractivity contribution >= 4 is 23.5 Å². The molecule has 1 aliphatic carbocycles. The van der Waals surface area contributed by atoms with Gasteiger partial charge < -0.3 is 0 Å². The van der Waals surface area contributed by atoms with Crippen LogP contribution in [0.15, 0.2) is 54.6 Å². The molecule has 0 heterocycles. The van der Waals surface area contributed by atoms with Gasteiger partial charge in [0.2, 0.25) is 0 Å². The summed E-state index contributed by atoms with van der Waals surface area (Å²) in [4.78, 5) is 0. The Morgan fingerprint density at radius 2 is 1.80 bits per heavy atom. The lowest BCUT2D eigenvalue weighted by atomic mass is 9.76. The van der Waals surface area contributed by atoms with Gasteiger partial charge in [-0.3, -0.25) is 4.72 Å². The topological polar surface area (TPSA) is 35.8 Å². The molecule has 4 heteroatoms. The van der Waals surface area contributed by atoms with Gasteiger partial charge in [0, 0.05) is 16.5 Å². The van der Waals surface area contributed by atoms with E-state index in [4.69, 9.17) is 11.6 Å². The monoisotopic (exact) mass is 502 g/mol. The number of unbranched alkanes of at least 4 members (excludes halogenated alkanes) is 1. The molecule has 3 aromatic rings. The van der Waals surface area contributed by atoms with Crippen LogP contribution in [-0.2, 0) is 18.3 Å². The van der Waals surface area contributed by atoms with Gasteiger partial charge in [0.1, 0.15) is 0 Å². The van der Waals surface area contributed by atoms with E-state index in [1.54, 1.807) is 11.9 Å². The van der Waals surface area contributed by atoms with Crippen molar-refractivity contribution in [2.75, 3.05) is 6.26 Å². The molecule has 0 spiro atoms. The molecular weight excluding hydrogens is 468 g/mol. The Kier molecular flexibility index (Phi) is 8.27. The first-order valence-electron chi connectivity index (χ1n) is 12.6. The molecule has 0 saturated carbocycles. The van der Waals surface area contributed by atoms with E-state index < -0.39 is 0 Å². The van der Waals surface area contributed by atoms with Crippen LogP contribution < -0.4 is 4.72 Å². The number of benzene rings is 3. The lowest BCUT2D eigenvalue weighted by Crippen LogP contribution is -2.20. The van der Waals surface area contributed by atoms with E-state index in [1.807, 2.05) is 6.07 Å². The minimum atomic E-state index is -0.260. The van der Waals surface area contributed by atoms with E-state index in [-0.39, 0.29) is 5.41 Å². The van der Waals surface area contributed by atoms with Crippen LogP contribution in [0.1, 0.15) is 85.9 Å². The lowest BCUT2D eigenvalue weighted by Gasteiger charge is -2.28. The molecule has 35 heavy (non-hydrogen) atoms. The number of nitrogens with zero attached hydrogens (tertiary/aromatic N) is 1. The third kappa shape index (κ3) is 5.46. The summed E-state index contributed by atoms with van der Waals surface area (Å²) in [5, 5.41) is 10.5. The summed E-state index contributed by atoms with van der Waals surface area (Å²) >= 11 is 8.38. The van der Waals surface area contributed by atoms with Crippen LogP contribution >= 0.6 is 23.5 Å². The highest BCUT2D eigenvalue weighted by molar-refractivity contribution is 7.96. The maximum atomic E-state index is 9.78. The first kappa shape index (κ1) is 25.8. The predicted molar refractivity (Wildman–Crippen MR) is 151 cm³/mol. The fourth-order valence-corrected chi connectivity index (χ4v) is 6.05. The summed E-state index contributed by atoms with van der Waals surface area (Å²) in [5.74, 6) is 0. The van der Waals surface area contributed by atoms with Gasteiger partial charge in [0.15, 0.2) is 0 Å². The Morgan fingerprint density at radius 3 is 2.49 bits per heavy atom. The van der Waals surface area contributed by atoms with E-state index in [0.29, 0.717) is 16.6 Å². The van der Waals surface area contributed by atoms with E-state index in [2.05, 4.69) is 86.3 Å². The largest absolute Gasteiger partial charge is 0.257 e. The zero-order valence-corrected chi connectivity index (χ0v) is 22.8. The quantitative estimate of drug-likeness (QED) is 0.312. The smallest absolute Gasteiger partial charge is 0.0995 e. The van der Waals surface area contributed by atoms with Gasteiger partial charge in [0.25, 0.3) is 0 Å². The number of hydrogen-bond donors (Lipinski definition) is 1. The zero-order valence-electron chi connectivity index (χ0n) is 21.2. The van der Waals surface area contributed by atoms with Crippen molar-refractivity contribution in [1.82, 2.24) is 4.72 Å². The average molecular weight is 503 g/mol. The van der Waals surface area contributed by atoms with Crippen LogP contribution in [0.5, 0.6) is 0 Å². The summed E-state index contributed by atoms with van der Waals surface area (Å²) in [6.45, 7) is 6.57. The van der Waals surface area contributed by atoms with E-state index in [0.717, 1.165) is 36.8 Å². The fraction of sp³-hybridized carbons (Fsp3) is 0.387. The van der Waals surface area contributed by atoms with Crippen LogP contribution in [0.4, 0.5) is 0 Å². The molecule has 0 aromatic heterocycles. The van der Waals surface area contributed by atoms with Crippen LogP contribution in [-0.4, -0.2) is 6.26 Å². The molecule has 0 bridgehead atoms. The van der Waals surface area contributed by atoms with Gasteiger partial charge in [-0.25, -0.2) is 0 Å². The van der Waals surface area contributed by atoms with Crippen molar-refractivity contribution in [3.63, 3.8) is 0 Å². The van der Waals surface area contributed by atoms with Crippen molar-refractivity contribution in [3.8, 4) is 17.2 Å². The molecule has 0 radical (unpaired) electrons. The van der Waals surface area contributed by atoms with Crippen LogP contribution in [0.3, 0.4) is 0 Å². The molecule has 1 N–H and O–H groups in total. The number of halogens is 1. The van der Waals surface area contributed by atoms with Gasteiger partial charge in [-0.1, -0.05) is 93.2 Å². The summed E-state index contributed by atoms with van der Waals surface area (Å²) in [5.41, 5.74) is 9.13. The second-order valence-electron chi connectivity index (χ2n) is 10.1. The summed E-state index contributed by atoms with van der Waals surface area (Å²) in [6.07, 6.45) is 8.65. The molecule has 0 aliphatic heterocycles. The van der Waals surface area contributed by atoms with Crippen LogP contribution in [0.2, 0.25) is 5.02 Å². The highest BCUT2D eigenvalue weighted by Gasteiger charge is 2.26. The van der Waals surface area contributed by atoms with Crippen molar-refractivity contribution in [1.29, 1.82) is 5.26 Å². The molecule has 1 unspecified atom stereocenters. The predicted octanol–water partition coefficient (Wildman–Crippen LogP) is 8.79. The summed E-state index contributed by atoms with van der Waals surface area (Å²) in [7, 11) is 0. The normalized spacial score (nSPS) is 15.5. The Balaban J connectivity index is 1.61. The number of nitrogens with one attached hydrogen (secondary N) is 1. The molecule has 3 aromatic carbocycles. The van der Waals surface area contributed by atoms with Gasteiger partial charge in [0.05, 0.1) is 11.6 Å². The van der Waals surface area contributed by atoms with Gasteiger partial charge in [-0.15, -0.1) is 0 Å². The van der Waals surface area contributed by atoms with Crippen molar-refractivity contribution in [3.05, 3.63) is 93.0 Å². The van der Waals surface area contributed by atoms with Crippen LogP contribution in [0, 0.1) is 11.3 Å². The average Bonchev–Trinajstić information content (AvgIpc) is 2.87. The molecule has 1 aliphatic rings. The van der Waals surface area contributed by atoms with Gasteiger partial charge in [-0.2, -0.15) is 5.26 Å². The minimum Gasteiger partial charge on any atom is -0.257 e. The zero-order chi connectivity index (χ0) is 25.0. The molecule has 2 nitrogen and oxygen atoms in total. The second-order valence-corrected chi connectivity index (χ2v) is 11.1. The molecule has 0 amide bonds. The molecule has 0 saturated heterocycles.